The smallest absolute Gasteiger partial charge is 0.0489 e. The minimum Gasteiger partial charge on any atom is -0.342 e. The molecule has 4 rings (SSSR count). The van der Waals surface area contributed by atoms with Crippen LogP contribution in [0.25, 0.3) is 16.5 Å². The predicted octanol–water partition coefficient (Wildman–Crippen LogP) is 4.41. The third-order valence-electron chi connectivity index (χ3n) is 4.74. The highest BCUT2D eigenvalue weighted by Crippen LogP contribution is 2.31. The maximum Gasteiger partial charge on any atom is 0.0489 e. The van der Waals surface area contributed by atoms with Crippen LogP contribution >= 0.6 is 0 Å². The Labute approximate surface area is 137 Å². The summed E-state index contributed by atoms with van der Waals surface area (Å²) in [4.78, 5) is 2.37. The van der Waals surface area contributed by atoms with Gasteiger partial charge in [-0.2, -0.15) is 0 Å². The molecule has 1 aliphatic heterocycles. The minimum absolute atomic E-state index is 0.925. The molecule has 0 N–H and O–H groups in total. The lowest BCUT2D eigenvalue weighted by atomic mass is 9.99. The highest BCUT2D eigenvalue weighted by atomic mass is 15.1. The molecule has 2 heteroatoms. The lowest BCUT2D eigenvalue weighted by Crippen LogP contribution is -2.23. The number of benzene rings is 2. The Bertz CT molecular complexity index is 843. The molecule has 0 amide bonds. The van der Waals surface area contributed by atoms with Gasteiger partial charge >= 0.3 is 0 Å². The largest absolute Gasteiger partial charge is 0.342 e. The van der Waals surface area contributed by atoms with E-state index in [1.165, 1.54) is 27.6 Å². The number of aromatic nitrogens is 1. The van der Waals surface area contributed by atoms with Gasteiger partial charge in [0.25, 0.3) is 0 Å². The fraction of sp³-hybridized carbons (Fsp3) is 0.238. The van der Waals surface area contributed by atoms with Crippen LogP contribution in [0.5, 0.6) is 0 Å². The molecule has 2 heterocycles. The number of hydrogen-bond donors (Lipinski definition) is 0. The van der Waals surface area contributed by atoms with Crippen LogP contribution in [0, 0.1) is 0 Å². The topological polar surface area (TPSA) is 8.17 Å². The van der Waals surface area contributed by atoms with E-state index >= 15 is 0 Å². The first-order valence-electron chi connectivity index (χ1n) is 8.31. The summed E-state index contributed by atoms with van der Waals surface area (Å²) in [6, 6.07) is 19.5. The zero-order valence-electron chi connectivity index (χ0n) is 13.6. The Morgan fingerprint density at radius 3 is 2.52 bits per heavy atom. The van der Waals surface area contributed by atoms with Crippen LogP contribution < -0.4 is 0 Å². The molecule has 0 unspecified atom stereocenters. The molecule has 0 saturated heterocycles. The van der Waals surface area contributed by atoms with Gasteiger partial charge in [-0.3, -0.25) is 0 Å². The van der Waals surface area contributed by atoms with E-state index in [1.807, 2.05) is 0 Å². The van der Waals surface area contributed by atoms with E-state index in [1.54, 1.807) is 0 Å². The minimum atomic E-state index is 0.925. The fourth-order valence-corrected chi connectivity index (χ4v) is 3.43. The van der Waals surface area contributed by atoms with Gasteiger partial charge in [-0.05, 0) is 30.7 Å². The fourth-order valence-electron chi connectivity index (χ4n) is 3.43. The summed E-state index contributed by atoms with van der Waals surface area (Å²) in [6.07, 6.45) is 5.86. The molecule has 3 aromatic rings. The van der Waals surface area contributed by atoms with E-state index in [9.17, 15) is 0 Å². The van der Waals surface area contributed by atoms with Crippen molar-refractivity contribution in [1.82, 2.24) is 9.47 Å². The van der Waals surface area contributed by atoms with Gasteiger partial charge in [-0.15, -0.1) is 0 Å². The number of para-hydroxylation sites is 1. The second kappa shape index (κ2) is 6.05. The number of rotatable bonds is 3. The number of hydrogen-bond acceptors (Lipinski definition) is 1. The lowest BCUT2D eigenvalue weighted by Gasteiger charge is -2.21. The Morgan fingerprint density at radius 1 is 0.957 bits per heavy atom. The molecule has 23 heavy (non-hydrogen) atoms. The second-order valence-electron chi connectivity index (χ2n) is 6.42. The van der Waals surface area contributed by atoms with Crippen molar-refractivity contribution in [3.8, 4) is 0 Å². The monoisotopic (exact) mass is 302 g/mol. The number of nitrogens with zero attached hydrogens (tertiary/aromatic N) is 2. The van der Waals surface area contributed by atoms with E-state index in [4.69, 9.17) is 0 Å². The third-order valence-corrected chi connectivity index (χ3v) is 4.74. The predicted molar refractivity (Wildman–Crippen MR) is 97.6 cm³/mol. The molecule has 0 atom stereocenters. The van der Waals surface area contributed by atoms with Gasteiger partial charge in [0.2, 0.25) is 0 Å². The van der Waals surface area contributed by atoms with Crippen LogP contribution in [-0.2, 0) is 6.54 Å². The van der Waals surface area contributed by atoms with Crippen molar-refractivity contribution in [1.29, 1.82) is 0 Å². The van der Waals surface area contributed by atoms with Crippen LogP contribution in [0.3, 0.4) is 0 Å². The Morgan fingerprint density at radius 2 is 1.74 bits per heavy atom. The highest BCUT2D eigenvalue weighted by Gasteiger charge is 2.15. The van der Waals surface area contributed by atoms with Crippen molar-refractivity contribution < 1.29 is 0 Å². The summed E-state index contributed by atoms with van der Waals surface area (Å²) < 4.78 is 2.39. The quantitative estimate of drug-likeness (QED) is 0.696. The van der Waals surface area contributed by atoms with E-state index in [0.29, 0.717) is 0 Å². The Hall–Kier alpha value is -2.32. The van der Waals surface area contributed by atoms with Crippen molar-refractivity contribution in [2.24, 2.45) is 0 Å². The van der Waals surface area contributed by atoms with E-state index in [2.05, 4.69) is 83.4 Å². The van der Waals surface area contributed by atoms with Crippen molar-refractivity contribution in [3.63, 3.8) is 0 Å². The maximum absolute atomic E-state index is 2.39. The first-order valence-corrected chi connectivity index (χ1v) is 8.31. The van der Waals surface area contributed by atoms with Gasteiger partial charge in [0, 0.05) is 42.3 Å². The lowest BCUT2D eigenvalue weighted by molar-refractivity contribution is 0.370. The molecule has 0 saturated carbocycles. The Balaban J connectivity index is 1.77. The molecule has 2 nitrogen and oxygen atoms in total. The van der Waals surface area contributed by atoms with E-state index in [-0.39, 0.29) is 0 Å². The van der Waals surface area contributed by atoms with E-state index < -0.39 is 0 Å². The van der Waals surface area contributed by atoms with Gasteiger partial charge in [-0.25, -0.2) is 0 Å². The molecule has 0 bridgehead atoms. The van der Waals surface area contributed by atoms with Crippen LogP contribution in [0.2, 0.25) is 0 Å². The maximum atomic E-state index is 2.39. The summed E-state index contributed by atoms with van der Waals surface area (Å²) in [5.41, 5.74) is 5.57. The van der Waals surface area contributed by atoms with Crippen molar-refractivity contribution in [2.75, 3.05) is 20.1 Å². The van der Waals surface area contributed by atoms with Crippen LogP contribution in [0.1, 0.15) is 17.5 Å². The van der Waals surface area contributed by atoms with Crippen LogP contribution in [0.15, 0.2) is 66.9 Å². The molecule has 0 spiro atoms. The molecule has 0 radical (unpaired) electrons. The number of fused-ring (bicyclic) bond motifs is 1. The molecule has 1 aromatic heterocycles. The van der Waals surface area contributed by atoms with Crippen LogP contribution in [-0.4, -0.2) is 29.6 Å². The van der Waals surface area contributed by atoms with Crippen molar-refractivity contribution in [3.05, 3.63) is 78.0 Å². The van der Waals surface area contributed by atoms with Gasteiger partial charge in [-0.1, -0.05) is 54.6 Å². The number of likely N-dealkylation sites (N-methyl/N-ethyl adjacent to an activating group) is 1. The molecule has 116 valence electrons. The summed E-state index contributed by atoms with van der Waals surface area (Å²) in [7, 11) is 2.19. The van der Waals surface area contributed by atoms with Gasteiger partial charge in [0.15, 0.2) is 0 Å². The zero-order valence-corrected chi connectivity index (χ0v) is 13.6. The molecular formula is C21H22N2. The third kappa shape index (κ3) is 2.82. The summed E-state index contributed by atoms with van der Waals surface area (Å²) in [6.45, 7) is 3.12. The summed E-state index contributed by atoms with van der Waals surface area (Å²) in [5, 5.41) is 1.37. The normalized spacial score (nSPS) is 15.8. The molecule has 0 fully saturated rings. The van der Waals surface area contributed by atoms with Gasteiger partial charge < -0.3 is 9.47 Å². The van der Waals surface area contributed by atoms with Crippen LogP contribution in [0.4, 0.5) is 0 Å². The first kappa shape index (κ1) is 14.3. The SMILES string of the molecule is CN1CC=C(c2cn(Cc3ccccc3)c3ccccc23)CC1. The average molecular weight is 302 g/mol. The van der Waals surface area contributed by atoms with E-state index in [0.717, 1.165) is 26.1 Å². The van der Waals surface area contributed by atoms with Gasteiger partial charge in [0.1, 0.15) is 0 Å². The molecular weight excluding hydrogens is 280 g/mol. The Kier molecular flexibility index (Phi) is 3.76. The average Bonchev–Trinajstić information content (AvgIpc) is 2.95. The second-order valence-corrected chi connectivity index (χ2v) is 6.42. The summed E-state index contributed by atoms with van der Waals surface area (Å²) in [5.74, 6) is 0. The molecule has 0 aliphatic carbocycles. The van der Waals surface area contributed by atoms with Gasteiger partial charge in [0.05, 0.1) is 0 Å². The van der Waals surface area contributed by atoms with Crippen molar-refractivity contribution in [2.45, 2.75) is 13.0 Å². The standard InChI is InChI=1S/C21H22N2/c1-22-13-11-18(12-14-22)20-16-23(15-17-7-3-2-4-8-17)21-10-6-5-9-19(20)21/h2-11,16H,12-15H2,1H3. The summed E-state index contributed by atoms with van der Waals surface area (Å²) >= 11 is 0. The highest BCUT2D eigenvalue weighted by molar-refractivity contribution is 5.93. The zero-order chi connectivity index (χ0) is 15.6. The molecule has 2 aromatic carbocycles. The first-order chi connectivity index (χ1) is 11.3. The van der Waals surface area contributed by atoms with Crippen molar-refractivity contribution >= 4 is 16.5 Å². The molecule has 1 aliphatic rings.